The van der Waals surface area contributed by atoms with E-state index in [-0.39, 0.29) is 12.5 Å². The predicted molar refractivity (Wildman–Crippen MR) is 92.1 cm³/mol. The van der Waals surface area contributed by atoms with Crippen LogP contribution in [0.1, 0.15) is 34.2 Å². The normalized spacial score (nSPS) is 13.2. The Hall–Kier alpha value is -2.67. The van der Waals surface area contributed by atoms with E-state index in [9.17, 15) is 9.59 Å². The van der Waals surface area contributed by atoms with Gasteiger partial charge in [-0.15, -0.1) is 0 Å². The van der Waals surface area contributed by atoms with Gasteiger partial charge in [-0.2, -0.15) is 5.10 Å². The van der Waals surface area contributed by atoms with Crippen molar-refractivity contribution in [1.82, 2.24) is 20.4 Å². The molecule has 2 aromatic rings. The first-order valence-electron chi connectivity index (χ1n) is 8.46. The van der Waals surface area contributed by atoms with Gasteiger partial charge in [0.25, 0.3) is 5.91 Å². The van der Waals surface area contributed by atoms with E-state index in [1.165, 1.54) is 0 Å². The number of hydrogen-bond acceptors (Lipinski definition) is 5. The fraction of sp³-hybridized carbons (Fsp3) is 0.389. The Balaban J connectivity index is 1.79. The Kier molecular flexibility index (Phi) is 5.45. The summed E-state index contributed by atoms with van der Waals surface area (Å²) in [5.41, 5.74) is 3.49. The quantitative estimate of drug-likeness (QED) is 0.761. The number of nitrogens with one attached hydrogen (secondary N) is 2. The molecule has 0 bridgehead atoms. The molecule has 1 aliphatic heterocycles. The van der Waals surface area contributed by atoms with E-state index in [0.29, 0.717) is 25.4 Å². The summed E-state index contributed by atoms with van der Waals surface area (Å²) < 4.78 is 6.73. The van der Waals surface area contributed by atoms with Crippen LogP contribution in [0.15, 0.2) is 30.3 Å². The number of amides is 1. The fourth-order valence-electron chi connectivity index (χ4n) is 2.94. The summed E-state index contributed by atoms with van der Waals surface area (Å²) in [4.78, 5) is 23.9. The van der Waals surface area contributed by atoms with E-state index in [1.807, 2.05) is 35.0 Å². The number of esters is 1. The summed E-state index contributed by atoms with van der Waals surface area (Å²) in [6.45, 7) is 3.95. The number of nitrogens with zero attached hydrogens (tertiary/aromatic N) is 2. The lowest BCUT2D eigenvalue weighted by Crippen LogP contribution is -2.32. The molecule has 0 aliphatic carbocycles. The highest BCUT2D eigenvalue weighted by atomic mass is 16.5. The molecule has 0 saturated heterocycles. The third kappa shape index (κ3) is 4.06. The summed E-state index contributed by atoms with van der Waals surface area (Å²) in [5, 5.41) is 10.4. The van der Waals surface area contributed by atoms with Gasteiger partial charge in [0.2, 0.25) is 0 Å². The molecule has 0 radical (unpaired) electrons. The number of aromatic nitrogens is 2. The minimum atomic E-state index is -0.452. The van der Waals surface area contributed by atoms with E-state index in [2.05, 4.69) is 15.7 Å². The van der Waals surface area contributed by atoms with Crippen LogP contribution in [-0.2, 0) is 29.0 Å². The number of ether oxygens (including phenoxy) is 1. The molecule has 0 fully saturated rings. The van der Waals surface area contributed by atoms with Gasteiger partial charge >= 0.3 is 5.97 Å². The molecule has 1 aromatic carbocycles. The summed E-state index contributed by atoms with van der Waals surface area (Å²) >= 11 is 0. The van der Waals surface area contributed by atoms with Crippen molar-refractivity contribution < 1.29 is 14.3 Å². The van der Waals surface area contributed by atoms with Crippen molar-refractivity contribution in [1.29, 1.82) is 0 Å². The Morgan fingerprint density at radius 1 is 1.32 bits per heavy atom. The van der Waals surface area contributed by atoms with E-state index in [0.717, 1.165) is 29.8 Å². The van der Waals surface area contributed by atoms with E-state index < -0.39 is 5.97 Å². The molecule has 132 valence electrons. The number of carbonyl (C=O) groups is 2. The molecule has 25 heavy (non-hydrogen) atoms. The summed E-state index contributed by atoms with van der Waals surface area (Å²) in [5.74, 6) is -0.800. The lowest BCUT2D eigenvalue weighted by atomic mass is 10.1. The number of carbonyl (C=O) groups excluding carboxylic acids is 2. The first kappa shape index (κ1) is 17.2. The van der Waals surface area contributed by atoms with Crippen molar-refractivity contribution >= 4 is 11.9 Å². The Bertz CT molecular complexity index is 755. The maximum absolute atomic E-state index is 12.5. The smallest absolute Gasteiger partial charge is 0.325 e. The third-order valence-corrected chi connectivity index (χ3v) is 4.10. The molecule has 1 amide bonds. The van der Waals surface area contributed by atoms with Gasteiger partial charge in [0.1, 0.15) is 6.54 Å². The van der Waals surface area contributed by atoms with Gasteiger partial charge in [-0.3, -0.25) is 14.3 Å². The monoisotopic (exact) mass is 342 g/mol. The summed E-state index contributed by atoms with van der Waals surface area (Å²) in [7, 11) is 0. The van der Waals surface area contributed by atoms with Crippen LogP contribution >= 0.6 is 0 Å². The minimum absolute atomic E-state index is 0.152. The first-order valence-corrected chi connectivity index (χ1v) is 8.46. The van der Waals surface area contributed by atoms with Gasteiger partial charge in [-0.05, 0) is 12.5 Å². The number of fused-ring (bicyclic) bond motifs is 1. The summed E-state index contributed by atoms with van der Waals surface area (Å²) in [6, 6.07) is 10.0. The zero-order chi connectivity index (χ0) is 17.6. The van der Waals surface area contributed by atoms with Crippen LogP contribution in [0, 0.1) is 0 Å². The van der Waals surface area contributed by atoms with Crippen LogP contribution in [0.2, 0.25) is 0 Å². The van der Waals surface area contributed by atoms with Gasteiger partial charge < -0.3 is 15.4 Å². The zero-order valence-corrected chi connectivity index (χ0v) is 14.2. The molecule has 0 unspecified atom stereocenters. The largest absolute Gasteiger partial charge is 0.465 e. The molecular weight excluding hydrogens is 320 g/mol. The van der Waals surface area contributed by atoms with E-state index >= 15 is 0 Å². The summed E-state index contributed by atoms with van der Waals surface area (Å²) in [6.07, 6.45) is 0.820. The van der Waals surface area contributed by atoms with Crippen LogP contribution < -0.4 is 10.6 Å². The van der Waals surface area contributed by atoms with Crippen molar-refractivity contribution in [3.8, 4) is 0 Å². The zero-order valence-electron chi connectivity index (χ0n) is 14.2. The van der Waals surface area contributed by atoms with Crippen molar-refractivity contribution in [3.63, 3.8) is 0 Å². The Morgan fingerprint density at radius 3 is 2.88 bits per heavy atom. The molecule has 2 N–H and O–H groups in total. The van der Waals surface area contributed by atoms with Gasteiger partial charge in [0.15, 0.2) is 5.69 Å². The molecule has 7 heteroatoms. The number of rotatable bonds is 6. The van der Waals surface area contributed by atoms with Crippen LogP contribution in [0.25, 0.3) is 0 Å². The van der Waals surface area contributed by atoms with Crippen LogP contribution in [-0.4, -0.2) is 41.4 Å². The minimum Gasteiger partial charge on any atom is -0.465 e. The fourth-order valence-corrected chi connectivity index (χ4v) is 2.94. The molecule has 7 nitrogen and oxygen atoms in total. The Morgan fingerprint density at radius 2 is 2.12 bits per heavy atom. The molecule has 2 heterocycles. The van der Waals surface area contributed by atoms with E-state index in [4.69, 9.17) is 4.74 Å². The Labute approximate surface area is 146 Å². The first-order chi connectivity index (χ1) is 12.2. The van der Waals surface area contributed by atoms with Gasteiger partial charge in [0.05, 0.1) is 13.2 Å². The van der Waals surface area contributed by atoms with Crippen molar-refractivity contribution in [3.05, 3.63) is 52.8 Å². The van der Waals surface area contributed by atoms with Crippen molar-refractivity contribution in [2.45, 2.75) is 26.4 Å². The van der Waals surface area contributed by atoms with Crippen LogP contribution in [0.5, 0.6) is 0 Å². The van der Waals surface area contributed by atoms with Crippen molar-refractivity contribution in [2.75, 3.05) is 19.7 Å². The molecule has 0 spiro atoms. The third-order valence-electron chi connectivity index (χ3n) is 4.10. The predicted octanol–water partition coefficient (Wildman–Crippen LogP) is 0.870. The van der Waals surface area contributed by atoms with Gasteiger partial charge in [0, 0.05) is 30.8 Å². The average Bonchev–Trinajstić information content (AvgIpc) is 3.00. The van der Waals surface area contributed by atoms with Crippen LogP contribution in [0.4, 0.5) is 0 Å². The molecular formula is C18H22N4O3. The standard InChI is InChI=1S/C18H22N4O3/c1-2-25-16(23)11-20-18(24)17-14-10-19-9-8-15(14)22(21-17)12-13-6-4-3-5-7-13/h3-7,19H,2,8-12H2,1H3,(H,20,24). The highest BCUT2D eigenvalue weighted by molar-refractivity contribution is 5.95. The molecule has 0 atom stereocenters. The lowest BCUT2D eigenvalue weighted by molar-refractivity contribution is -0.141. The SMILES string of the molecule is CCOC(=O)CNC(=O)c1nn(Cc2ccccc2)c2c1CNCC2. The van der Waals surface area contributed by atoms with Crippen LogP contribution in [0.3, 0.4) is 0 Å². The molecule has 1 aliphatic rings. The average molecular weight is 342 g/mol. The molecule has 1 aromatic heterocycles. The topological polar surface area (TPSA) is 85.2 Å². The lowest BCUT2D eigenvalue weighted by Gasteiger charge is -2.15. The maximum atomic E-state index is 12.5. The molecule has 0 saturated carbocycles. The van der Waals surface area contributed by atoms with E-state index in [1.54, 1.807) is 6.92 Å². The van der Waals surface area contributed by atoms with Gasteiger partial charge in [-0.25, -0.2) is 0 Å². The number of hydrogen-bond donors (Lipinski definition) is 2. The second-order valence-electron chi connectivity index (χ2n) is 5.83. The highest BCUT2D eigenvalue weighted by Crippen LogP contribution is 2.19. The number of benzene rings is 1. The maximum Gasteiger partial charge on any atom is 0.325 e. The van der Waals surface area contributed by atoms with Gasteiger partial charge in [-0.1, -0.05) is 30.3 Å². The van der Waals surface area contributed by atoms with Crippen molar-refractivity contribution in [2.24, 2.45) is 0 Å². The second kappa shape index (κ2) is 7.94. The second-order valence-corrected chi connectivity index (χ2v) is 5.83. The molecule has 3 rings (SSSR count). The highest BCUT2D eigenvalue weighted by Gasteiger charge is 2.25.